The molecule has 0 aliphatic heterocycles. The van der Waals surface area contributed by atoms with Gasteiger partial charge in [-0.3, -0.25) is 9.59 Å². The molecule has 38 heavy (non-hydrogen) atoms. The van der Waals surface area contributed by atoms with Crippen molar-refractivity contribution in [3.05, 3.63) is 93.3 Å². The normalized spacial score (nSPS) is 12.3. The van der Waals surface area contributed by atoms with Crippen LogP contribution in [0.1, 0.15) is 27.2 Å². The van der Waals surface area contributed by atoms with E-state index in [0.29, 0.717) is 23.1 Å². The Bertz CT molecular complexity index is 1560. The van der Waals surface area contributed by atoms with E-state index >= 15 is 0 Å². The fraction of sp³-hybridized carbons (Fsp3) is 0.231. The molecule has 0 N–H and O–H groups in total. The quantitative estimate of drug-likeness (QED) is 0.299. The van der Waals surface area contributed by atoms with Crippen molar-refractivity contribution in [3.8, 4) is 11.1 Å². The zero-order chi connectivity index (χ0) is 28.2. The molecule has 1 amide bonds. The molecule has 5 nitrogen and oxygen atoms in total. The van der Waals surface area contributed by atoms with Gasteiger partial charge in [0.15, 0.2) is 0 Å². The third-order valence-corrected chi connectivity index (χ3v) is 6.17. The van der Waals surface area contributed by atoms with Gasteiger partial charge >= 0.3 is 12.4 Å². The van der Waals surface area contributed by atoms with Gasteiger partial charge in [0, 0.05) is 44.8 Å². The van der Waals surface area contributed by atoms with Gasteiger partial charge in [-0.05, 0) is 47.5 Å². The SMILES string of the molecule is CN(Cc1cc(C(F)(F)F)cc(C(F)(F)F)c1)C(=O)c1c(-c2ccc(F)cc2)c2ccn(C)c2c(=O)n1C. The molecule has 2 heterocycles. The third kappa shape index (κ3) is 4.90. The molecule has 2 aromatic carbocycles. The Balaban J connectivity index is 1.86. The zero-order valence-corrected chi connectivity index (χ0v) is 20.2. The second-order valence-corrected chi connectivity index (χ2v) is 8.86. The lowest BCUT2D eigenvalue weighted by Crippen LogP contribution is -2.33. The molecular weight excluding hydrogens is 519 g/mol. The lowest BCUT2D eigenvalue weighted by molar-refractivity contribution is -0.143. The Labute approximate surface area is 211 Å². The number of hydrogen-bond donors (Lipinski definition) is 0. The number of amides is 1. The van der Waals surface area contributed by atoms with E-state index in [9.17, 15) is 40.3 Å². The van der Waals surface area contributed by atoms with E-state index in [1.165, 1.54) is 26.2 Å². The van der Waals surface area contributed by atoms with Crippen LogP contribution in [0.4, 0.5) is 30.7 Å². The van der Waals surface area contributed by atoms with E-state index in [1.54, 1.807) is 23.9 Å². The molecule has 0 saturated heterocycles. The molecule has 0 aliphatic carbocycles. The Morgan fingerprint density at radius 2 is 1.45 bits per heavy atom. The first-order valence-corrected chi connectivity index (χ1v) is 11.1. The number of rotatable bonds is 4. The molecule has 0 bridgehead atoms. The van der Waals surface area contributed by atoms with E-state index in [2.05, 4.69) is 0 Å². The smallest absolute Gasteiger partial charge is 0.346 e. The second kappa shape index (κ2) is 9.34. The van der Waals surface area contributed by atoms with Crippen molar-refractivity contribution >= 4 is 16.8 Å². The lowest BCUT2D eigenvalue weighted by Gasteiger charge is -2.23. The maximum atomic E-state index is 13.6. The minimum atomic E-state index is -5.05. The van der Waals surface area contributed by atoms with Crippen LogP contribution < -0.4 is 5.56 Å². The molecule has 2 aromatic heterocycles. The number of pyridine rings is 1. The van der Waals surface area contributed by atoms with Gasteiger partial charge in [0.1, 0.15) is 17.0 Å². The Hall–Kier alpha value is -4.09. The van der Waals surface area contributed by atoms with Gasteiger partial charge < -0.3 is 14.0 Å². The van der Waals surface area contributed by atoms with Gasteiger partial charge in [0.2, 0.25) is 0 Å². The third-order valence-electron chi connectivity index (χ3n) is 6.17. The number of hydrogen-bond acceptors (Lipinski definition) is 2. The summed E-state index contributed by atoms with van der Waals surface area (Å²) in [5.74, 6) is -1.38. The second-order valence-electron chi connectivity index (χ2n) is 8.86. The molecule has 12 heteroatoms. The average Bonchev–Trinajstić information content (AvgIpc) is 3.21. The van der Waals surface area contributed by atoms with E-state index in [1.807, 2.05) is 0 Å². The summed E-state index contributed by atoms with van der Waals surface area (Å²) in [6.45, 7) is -0.615. The molecular formula is C26H20F7N3O2. The van der Waals surface area contributed by atoms with E-state index in [0.717, 1.165) is 21.6 Å². The van der Waals surface area contributed by atoms with Gasteiger partial charge in [0.25, 0.3) is 11.5 Å². The number of alkyl halides is 6. The van der Waals surface area contributed by atoms with Crippen molar-refractivity contribution in [2.75, 3.05) is 7.05 Å². The van der Waals surface area contributed by atoms with Crippen LogP contribution in [-0.4, -0.2) is 27.0 Å². The Kier molecular flexibility index (Phi) is 6.62. The highest BCUT2D eigenvalue weighted by Crippen LogP contribution is 2.37. The first-order chi connectivity index (χ1) is 17.6. The number of halogens is 7. The molecule has 4 aromatic rings. The van der Waals surface area contributed by atoms with Crippen molar-refractivity contribution in [2.45, 2.75) is 18.9 Å². The number of nitrogens with zero attached hydrogens (tertiary/aromatic N) is 3. The monoisotopic (exact) mass is 539 g/mol. The van der Waals surface area contributed by atoms with Crippen LogP contribution >= 0.6 is 0 Å². The highest BCUT2D eigenvalue weighted by atomic mass is 19.4. The highest BCUT2D eigenvalue weighted by Gasteiger charge is 2.37. The summed E-state index contributed by atoms with van der Waals surface area (Å²) < 4.78 is 96.0. The summed E-state index contributed by atoms with van der Waals surface area (Å²) in [7, 11) is 4.15. The van der Waals surface area contributed by atoms with Crippen molar-refractivity contribution in [1.29, 1.82) is 0 Å². The molecule has 0 aliphatic rings. The molecule has 0 atom stereocenters. The van der Waals surface area contributed by atoms with Crippen LogP contribution in [0.5, 0.6) is 0 Å². The van der Waals surface area contributed by atoms with Crippen molar-refractivity contribution in [2.24, 2.45) is 14.1 Å². The molecule has 0 unspecified atom stereocenters. The Morgan fingerprint density at radius 1 is 0.895 bits per heavy atom. The molecule has 0 saturated carbocycles. The summed E-state index contributed by atoms with van der Waals surface area (Å²) in [6.07, 6.45) is -8.49. The number of carbonyl (C=O) groups excluding carboxylic acids is 1. The summed E-state index contributed by atoms with van der Waals surface area (Å²) in [5.41, 5.74) is -3.23. The summed E-state index contributed by atoms with van der Waals surface area (Å²) in [5, 5.41) is 0.373. The molecule has 0 spiro atoms. The van der Waals surface area contributed by atoms with Crippen molar-refractivity contribution in [3.63, 3.8) is 0 Å². The molecule has 0 fully saturated rings. The first-order valence-electron chi connectivity index (χ1n) is 11.1. The van der Waals surface area contributed by atoms with Crippen LogP contribution in [-0.2, 0) is 33.0 Å². The fourth-order valence-electron chi connectivity index (χ4n) is 4.35. The van der Waals surface area contributed by atoms with Crippen molar-refractivity contribution in [1.82, 2.24) is 14.0 Å². The maximum absolute atomic E-state index is 13.6. The van der Waals surface area contributed by atoms with Crippen LogP contribution in [0.15, 0.2) is 59.5 Å². The van der Waals surface area contributed by atoms with Gasteiger partial charge in [-0.1, -0.05) is 12.1 Å². The molecule has 0 radical (unpaired) electrons. The van der Waals surface area contributed by atoms with Gasteiger partial charge in [-0.2, -0.15) is 26.3 Å². The van der Waals surface area contributed by atoms with Gasteiger partial charge in [-0.25, -0.2) is 4.39 Å². The number of aromatic nitrogens is 2. The zero-order valence-electron chi connectivity index (χ0n) is 20.2. The van der Waals surface area contributed by atoms with E-state index in [-0.39, 0.29) is 22.8 Å². The van der Waals surface area contributed by atoms with Gasteiger partial charge in [-0.15, -0.1) is 0 Å². The number of carbonyl (C=O) groups is 1. The van der Waals surface area contributed by atoms with Crippen LogP contribution in [0.25, 0.3) is 22.0 Å². The van der Waals surface area contributed by atoms with Crippen LogP contribution in [0.2, 0.25) is 0 Å². The summed E-state index contributed by atoms with van der Waals surface area (Å²) in [4.78, 5) is 27.7. The minimum Gasteiger partial charge on any atom is -0.346 e. The minimum absolute atomic E-state index is 0.00496. The first kappa shape index (κ1) is 27.0. The van der Waals surface area contributed by atoms with E-state index in [4.69, 9.17) is 0 Å². The topological polar surface area (TPSA) is 47.2 Å². The standard InChI is InChI=1S/C26H20F7N3O2/c1-34-9-8-19-20(15-4-6-18(27)7-5-15)22(36(3)24(38)21(19)34)23(37)35(2)13-14-10-16(25(28,29)30)12-17(11-14)26(31,32)33/h4-12H,13H2,1-3H3. The number of fused-ring (bicyclic) bond motifs is 1. The van der Waals surface area contributed by atoms with E-state index < -0.39 is 52.9 Å². The largest absolute Gasteiger partial charge is 0.416 e. The summed E-state index contributed by atoms with van der Waals surface area (Å²) in [6, 6.07) is 7.81. The number of aryl methyl sites for hydroxylation is 1. The fourth-order valence-corrected chi connectivity index (χ4v) is 4.35. The van der Waals surface area contributed by atoms with Crippen LogP contribution in [0.3, 0.4) is 0 Å². The average molecular weight is 539 g/mol. The van der Waals surface area contributed by atoms with Gasteiger partial charge in [0.05, 0.1) is 11.1 Å². The predicted molar refractivity (Wildman–Crippen MR) is 126 cm³/mol. The number of benzene rings is 2. The molecule has 4 rings (SSSR count). The lowest BCUT2D eigenvalue weighted by atomic mass is 9.98. The summed E-state index contributed by atoms with van der Waals surface area (Å²) >= 11 is 0. The Morgan fingerprint density at radius 3 is 1.97 bits per heavy atom. The van der Waals surface area contributed by atoms with Crippen molar-refractivity contribution < 1.29 is 35.5 Å². The van der Waals surface area contributed by atoms with Crippen LogP contribution in [0, 0.1) is 5.82 Å². The maximum Gasteiger partial charge on any atom is 0.416 e. The molecule has 200 valence electrons. The highest BCUT2D eigenvalue weighted by molar-refractivity contribution is 6.07. The predicted octanol–water partition coefficient (Wildman–Crippen LogP) is 5.99.